The number of rotatable bonds is 1. The van der Waals surface area contributed by atoms with Gasteiger partial charge in [-0.1, -0.05) is 0 Å². The molecule has 8 nitrogen and oxygen atoms in total. The molecule has 24 heavy (non-hydrogen) atoms. The van der Waals surface area contributed by atoms with Gasteiger partial charge in [-0.3, -0.25) is 4.79 Å². The number of H-pyrrole nitrogens is 1. The molecule has 8 heteroatoms. The molecule has 1 aliphatic heterocycles. The highest BCUT2D eigenvalue weighted by Crippen LogP contribution is 2.33. The van der Waals surface area contributed by atoms with Crippen LogP contribution in [0, 0.1) is 0 Å². The van der Waals surface area contributed by atoms with Crippen LogP contribution < -0.4 is 15.0 Å². The van der Waals surface area contributed by atoms with Gasteiger partial charge < -0.3 is 14.5 Å². The third kappa shape index (κ3) is 1.86. The minimum atomic E-state index is -0.210. The van der Waals surface area contributed by atoms with Gasteiger partial charge in [-0.25, -0.2) is 4.98 Å². The molecule has 0 fully saturated rings. The van der Waals surface area contributed by atoms with E-state index in [1.54, 1.807) is 16.8 Å². The fourth-order valence-corrected chi connectivity index (χ4v) is 2.77. The number of pyridine rings is 1. The zero-order chi connectivity index (χ0) is 16.1. The van der Waals surface area contributed by atoms with Crippen LogP contribution in [0.1, 0.15) is 0 Å². The number of aromatic nitrogens is 5. The van der Waals surface area contributed by atoms with Crippen LogP contribution in [0.2, 0.25) is 0 Å². The molecule has 4 heterocycles. The summed E-state index contributed by atoms with van der Waals surface area (Å²) in [6.45, 7) is 1.06. The first-order chi connectivity index (χ1) is 11.8. The molecule has 0 aliphatic carbocycles. The first-order valence-corrected chi connectivity index (χ1v) is 7.43. The summed E-state index contributed by atoms with van der Waals surface area (Å²) >= 11 is 0. The first kappa shape index (κ1) is 13.1. The van der Waals surface area contributed by atoms with Crippen LogP contribution >= 0.6 is 0 Å². The number of hydrogen-bond donors (Lipinski definition) is 1. The highest BCUT2D eigenvalue weighted by atomic mass is 16.6. The third-order valence-corrected chi connectivity index (χ3v) is 3.90. The van der Waals surface area contributed by atoms with Crippen molar-refractivity contribution in [2.24, 2.45) is 0 Å². The highest BCUT2D eigenvalue weighted by Gasteiger charge is 2.16. The third-order valence-electron chi connectivity index (χ3n) is 3.90. The predicted molar refractivity (Wildman–Crippen MR) is 85.3 cm³/mol. The SMILES string of the molecule is O=c1[nH]ccc2c1cnc1nc(-c3ccc4c(c3)OCCO4)nn12. The van der Waals surface area contributed by atoms with Gasteiger partial charge in [0.15, 0.2) is 17.3 Å². The maximum Gasteiger partial charge on any atom is 0.258 e. The van der Waals surface area contributed by atoms with E-state index in [1.807, 2.05) is 18.2 Å². The second kappa shape index (κ2) is 4.79. The van der Waals surface area contributed by atoms with Crippen molar-refractivity contribution in [2.75, 3.05) is 13.2 Å². The Morgan fingerprint density at radius 2 is 2.00 bits per heavy atom. The molecule has 0 unspecified atom stereocenters. The fourth-order valence-electron chi connectivity index (χ4n) is 2.77. The molecule has 0 radical (unpaired) electrons. The Balaban J connectivity index is 1.72. The summed E-state index contributed by atoms with van der Waals surface area (Å²) in [7, 11) is 0. The predicted octanol–water partition coefficient (Wildman–Crippen LogP) is 1.40. The second-order valence-electron chi connectivity index (χ2n) is 5.37. The van der Waals surface area contributed by atoms with Crippen molar-refractivity contribution in [2.45, 2.75) is 0 Å². The highest BCUT2D eigenvalue weighted by molar-refractivity contribution is 5.78. The Kier molecular flexibility index (Phi) is 2.60. The van der Waals surface area contributed by atoms with E-state index in [0.717, 1.165) is 5.56 Å². The van der Waals surface area contributed by atoms with Crippen molar-refractivity contribution in [3.05, 3.63) is 47.0 Å². The Labute approximate surface area is 134 Å². The quantitative estimate of drug-likeness (QED) is 0.569. The Morgan fingerprint density at radius 3 is 2.92 bits per heavy atom. The lowest BCUT2D eigenvalue weighted by molar-refractivity contribution is 0.171. The number of fused-ring (bicyclic) bond motifs is 4. The van der Waals surface area contributed by atoms with E-state index < -0.39 is 0 Å². The zero-order valence-electron chi connectivity index (χ0n) is 12.4. The van der Waals surface area contributed by atoms with Gasteiger partial charge in [0.1, 0.15) is 13.2 Å². The lowest BCUT2D eigenvalue weighted by Crippen LogP contribution is -2.15. The zero-order valence-corrected chi connectivity index (χ0v) is 12.4. The van der Waals surface area contributed by atoms with Gasteiger partial charge in [-0.15, -0.1) is 5.10 Å². The van der Waals surface area contributed by atoms with Gasteiger partial charge in [0, 0.05) is 18.0 Å². The Bertz CT molecular complexity index is 1150. The Hall–Kier alpha value is -3.42. The lowest BCUT2D eigenvalue weighted by atomic mass is 10.2. The normalized spacial score (nSPS) is 13.5. The van der Waals surface area contributed by atoms with Crippen LogP contribution in [0.5, 0.6) is 11.5 Å². The number of hydrogen-bond acceptors (Lipinski definition) is 6. The standard InChI is InChI=1S/C16H11N5O3/c22-15-10-8-18-16-19-14(20-21(16)11(10)3-4-17-15)9-1-2-12-13(7-9)24-6-5-23-12/h1-4,7-8H,5-6H2,(H,17,22). The van der Waals surface area contributed by atoms with Gasteiger partial charge in [-0.2, -0.15) is 9.50 Å². The van der Waals surface area contributed by atoms with E-state index in [0.29, 0.717) is 47.2 Å². The summed E-state index contributed by atoms with van der Waals surface area (Å²) in [5.41, 5.74) is 1.24. The van der Waals surface area contributed by atoms with Crippen molar-refractivity contribution in [3.8, 4) is 22.9 Å². The maximum absolute atomic E-state index is 11.9. The monoisotopic (exact) mass is 321 g/mol. The molecule has 0 spiro atoms. The van der Waals surface area contributed by atoms with Gasteiger partial charge in [0.2, 0.25) is 0 Å². The van der Waals surface area contributed by atoms with Crippen LogP contribution in [0.3, 0.4) is 0 Å². The largest absolute Gasteiger partial charge is 0.486 e. The first-order valence-electron chi connectivity index (χ1n) is 7.43. The van der Waals surface area contributed by atoms with E-state index in [9.17, 15) is 4.79 Å². The van der Waals surface area contributed by atoms with E-state index in [-0.39, 0.29) is 5.56 Å². The molecule has 1 N–H and O–H groups in total. The molecule has 4 aromatic rings. The van der Waals surface area contributed by atoms with Crippen molar-refractivity contribution in [1.29, 1.82) is 0 Å². The maximum atomic E-state index is 11.9. The molecule has 0 amide bonds. The van der Waals surface area contributed by atoms with Gasteiger partial charge in [0.25, 0.3) is 11.3 Å². The molecular weight excluding hydrogens is 310 g/mol. The average Bonchev–Trinajstić information content (AvgIpc) is 3.06. The summed E-state index contributed by atoms with van der Waals surface area (Å²) in [5.74, 6) is 2.32. The summed E-state index contributed by atoms with van der Waals surface area (Å²) in [6.07, 6.45) is 3.08. The second-order valence-corrected chi connectivity index (χ2v) is 5.37. The molecule has 0 saturated carbocycles. The summed E-state index contributed by atoms with van der Waals surface area (Å²) in [4.78, 5) is 23.2. The topological polar surface area (TPSA) is 94.4 Å². The molecular formula is C16H11N5O3. The van der Waals surface area contributed by atoms with Crippen LogP contribution in [0.15, 0.2) is 41.5 Å². The molecule has 1 aromatic carbocycles. The average molecular weight is 321 g/mol. The van der Waals surface area contributed by atoms with Gasteiger partial charge >= 0.3 is 0 Å². The molecule has 0 atom stereocenters. The van der Waals surface area contributed by atoms with Crippen molar-refractivity contribution in [3.63, 3.8) is 0 Å². The fraction of sp³-hybridized carbons (Fsp3) is 0.125. The van der Waals surface area contributed by atoms with E-state index in [2.05, 4.69) is 20.1 Å². The minimum Gasteiger partial charge on any atom is -0.486 e. The molecule has 0 saturated heterocycles. The van der Waals surface area contributed by atoms with Crippen LogP contribution in [0.25, 0.3) is 28.1 Å². The van der Waals surface area contributed by atoms with Gasteiger partial charge in [0.05, 0.1) is 10.9 Å². The summed E-state index contributed by atoms with van der Waals surface area (Å²) in [6, 6.07) is 7.33. The summed E-state index contributed by atoms with van der Waals surface area (Å²) < 4.78 is 12.7. The number of aromatic amines is 1. The van der Waals surface area contributed by atoms with Crippen molar-refractivity contribution >= 4 is 16.7 Å². The lowest BCUT2D eigenvalue weighted by Gasteiger charge is -2.18. The number of nitrogens with zero attached hydrogens (tertiary/aromatic N) is 4. The van der Waals surface area contributed by atoms with Crippen LogP contribution in [0.4, 0.5) is 0 Å². The molecule has 5 rings (SSSR count). The van der Waals surface area contributed by atoms with Crippen molar-refractivity contribution in [1.82, 2.24) is 24.6 Å². The Morgan fingerprint density at radius 1 is 1.12 bits per heavy atom. The molecule has 0 bridgehead atoms. The smallest absolute Gasteiger partial charge is 0.258 e. The van der Waals surface area contributed by atoms with Crippen molar-refractivity contribution < 1.29 is 9.47 Å². The number of benzene rings is 1. The minimum absolute atomic E-state index is 0.210. The number of ether oxygens (including phenoxy) is 2. The van der Waals surface area contributed by atoms with E-state index in [4.69, 9.17) is 9.47 Å². The van der Waals surface area contributed by atoms with E-state index >= 15 is 0 Å². The molecule has 118 valence electrons. The van der Waals surface area contributed by atoms with Crippen LogP contribution in [-0.2, 0) is 0 Å². The van der Waals surface area contributed by atoms with Gasteiger partial charge in [-0.05, 0) is 24.3 Å². The molecule has 1 aliphatic rings. The van der Waals surface area contributed by atoms with E-state index in [1.165, 1.54) is 6.20 Å². The summed E-state index contributed by atoms with van der Waals surface area (Å²) in [5, 5.41) is 4.96. The van der Waals surface area contributed by atoms with Crippen LogP contribution in [-0.4, -0.2) is 37.8 Å². The molecule has 3 aromatic heterocycles. The number of nitrogens with one attached hydrogen (secondary N) is 1.